The maximum absolute atomic E-state index is 5.91. The second-order valence-electron chi connectivity index (χ2n) is 4.47. The van der Waals surface area contributed by atoms with E-state index in [9.17, 15) is 0 Å². The van der Waals surface area contributed by atoms with Crippen LogP contribution in [0.25, 0.3) is 0 Å². The fourth-order valence-electron chi connectivity index (χ4n) is 2.07. The Morgan fingerprint density at radius 1 is 1.17 bits per heavy atom. The number of hydrogen-bond acceptors (Lipinski definition) is 3. The van der Waals surface area contributed by atoms with Gasteiger partial charge >= 0.3 is 0 Å². The zero-order valence-corrected chi connectivity index (χ0v) is 10.9. The fraction of sp³-hybridized carbons (Fsp3) is 0.267. The Morgan fingerprint density at radius 3 is 2.50 bits per heavy atom. The lowest BCUT2D eigenvalue weighted by atomic mass is 10.1. The van der Waals surface area contributed by atoms with Crippen molar-refractivity contribution in [3.8, 4) is 0 Å². The molecule has 2 N–H and O–H groups in total. The largest absolute Gasteiger partial charge is 0.399 e. The predicted octanol–water partition coefficient (Wildman–Crippen LogP) is 3.00. The molecular weight excluding hydrogens is 222 g/mol. The maximum atomic E-state index is 5.91. The van der Waals surface area contributed by atoms with Gasteiger partial charge in [-0.3, -0.25) is 4.98 Å². The Balaban J connectivity index is 2.23. The van der Waals surface area contributed by atoms with Gasteiger partial charge in [0.05, 0.1) is 0 Å². The standard InChI is InChI=1S/C15H19N3/c1-3-18(11-13-4-6-17-7-5-13)15-9-12(2)8-14(16)10-15/h4-10H,3,11,16H2,1-2H3. The molecule has 0 aliphatic carbocycles. The van der Waals surface area contributed by atoms with Crippen molar-refractivity contribution in [2.45, 2.75) is 20.4 Å². The number of nitrogens with two attached hydrogens (primary N) is 1. The summed E-state index contributed by atoms with van der Waals surface area (Å²) < 4.78 is 0. The van der Waals surface area contributed by atoms with Crippen LogP contribution in [-0.4, -0.2) is 11.5 Å². The summed E-state index contributed by atoms with van der Waals surface area (Å²) in [5.41, 5.74) is 10.3. The van der Waals surface area contributed by atoms with Gasteiger partial charge in [-0.05, 0) is 55.3 Å². The van der Waals surface area contributed by atoms with E-state index >= 15 is 0 Å². The van der Waals surface area contributed by atoms with Crippen molar-refractivity contribution in [2.75, 3.05) is 17.2 Å². The summed E-state index contributed by atoms with van der Waals surface area (Å²) in [4.78, 5) is 6.35. The highest BCUT2D eigenvalue weighted by atomic mass is 15.1. The van der Waals surface area contributed by atoms with E-state index in [4.69, 9.17) is 5.73 Å². The average molecular weight is 241 g/mol. The predicted molar refractivity (Wildman–Crippen MR) is 76.6 cm³/mol. The Labute approximate surface area is 108 Å². The first kappa shape index (κ1) is 12.4. The van der Waals surface area contributed by atoms with Crippen LogP contribution in [0.1, 0.15) is 18.1 Å². The Hall–Kier alpha value is -2.03. The van der Waals surface area contributed by atoms with Gasteiger partial charge in [0.1, 0.15) is 0 Å². The minimum absolute atomic E-state index is 0.818. The first-order valence-corrected chi connectivity index (χ1v) is 6.20. The molecule has 0 saturated heterocycles. The monoisotopic (exact) mass is 241 g/mol. The molecule has 3 heteroatoms. The van der Waals surface area contributed by atoms with Gasteiger partial charge in [0.15, 0.2) is 0 Å². The molecule has 2 aromatic rings. The normalized spacial score (nSPS) is 10.3. The highest BCUT2D eigenvalue weighted by Gasteiger charge is 2.06. The van der Waals surface area contributed by atoms with E-state index in [-0.39, 0.29) is 0 Å². The average Bonchev–Trinajstić information content (AvgIpc) is 2.36. The minimum atomic E-state index is 0.818. The third-order valence-electron chi connectivity index (χ3n) is 2.95. The summed E-state index contributed by atoms with van der Waals surface area (Å²) in [6.07, 6.45) is 3.65. The number of aryl methyl sites for hydroxylation is 1. The minimum Gasteiger partial charge on any atom is -0.399 e. The Morgan fingerprint density at radius 2 is 1.89 bits per heavy atom. The quantitative estimate of drug-likeness (QED) is 0.837. The summed E-state index contributed by atoms with van der Waals surface area (Å²) >= 11 is 0. The van der Waals surface area contributed by atoms with Crippen LogP contribution in [0.3, 0.4) is 0 Å². The number of hydrogen-bond donors (Lipinski definition) is 1. The molecule has 0 atom stereocenters. The van der Waals surface area contributed by atoms with Crippen molar-refractivity contribution >= 4 is 11.4 Å². The molecule has 0 unspecified atom stereocenters. The second-order valence-corrected chi connectivity index (χ2v) is 4.47. The maximum Gasteiger partial charge on any atom is 0.0430 e. The van der Waals surface area contributed by atoms with E-state index in [1.54, 1.807) is 0 Å². The van der Waals surface area contributed by atoms with E-state index in [1.165, 1.54) is 16.8 Å². The zero-order chi connectivity index (χ0) is 13.0. The number of benzene rings is 1. The van der Waals surface area contributed by atoms with E-state index in [0.29, 0.717) is 0 Å². The van der Waals surface area contributed by atoms with Gasteiger partial charge in [0, 0.05) is 36.9 Å². The molecular formula is C15H19N3. The second kappa shape index (κ2) is 5.54. The third-order valence-corrected chi connectivity index (χ3v) is 2.95. The van der Waals surface area contributed by atoms with Crippen LogP contribution in [0, 0.1) is 6.92 Å². The molecule has 0 amide bonds. The number of aromatic nitrogens is 1. The van der Waals surface area contributed by atoms with Crippen LogP contribution in [0.5, 0.6) is 0 Å². The van der Waals surface area contributed by atoms with Gasteiger partial charge < -0.3 is 10.6 Å². The number of rotatable bonds is 4. The number of anilines is 2. The van der Waals surface area contributed by atoms with Crippen LogP contribution in [-0.2, 0) is 6.54 Å². The van der Waals surface area contributed by atoms with Crippen LogP contribution in [0.15, 0.2) is 42.7 Å². The van der Waals surface area contributed by atoms with Crippen molar-refractivity contribution in [2.24, 2.45) is 0 Å². The smallest absolute Gasteiger partial charge is 0.0430 e. The molecule has 3 nitrogen and oxygen atoms in total. The first-order valence-electron chi connectivity index (χ1n) is 6.20. The molecule has 2 rings (SSSR count). The molecule has 0 saturated carbocycles. The first-order chi connectivity index (χ1) is 8.69. The van der Waals surface area contributed by atoms with Gasteiger partial charge in [-0.25, -0.2) is 0 Å². The molecule has 1 aromatic carbocycles. The lowest BCUT2D eigenvalue weighted by Gasteiger charge is -2.24. The van der Waals surface area contributed by atoms with E-state index in [1.807, 2.05) is 36.7 Å². The molecule has 0 aliphatic rings. The van der Waals surface area contributed by atoms with Crippen molar-refractivity contribution in [3.63, 3.8) is 0 Å². The molecule has 18 heavy (non-hydrogen) atoms. The highest BCUT2D eigenvalue weighted by Crippen LogP contribution is 2.21. The van der Waals surface area contributed by atoms with Gasteiger partial charge in [-0.2, -0.15) is 0 Å². The molecule has 0 aliphatic heterocycles. The molecule has 0 spiro atoms. The molecule has 0 radical (unpaired) electrons. The molecule has 0 fully saturated rings. The highest BCUT2D eigenvalue weighted by molar-refractivity contribution is 5.58. The van der Waals surface area contributed by atoms with Crippen molar-refractivity contribution in [3.05, 3.63) is 53.9 Å². The van der Waals surface area contributed by atoms with Gasteiger partial charge in [-0.15, -0.1) is 0 Å². The summed E-state index contributed by atoms with van der Waals surface area (Å²) in [6.45, 7) is 6.05. The Bertz CT molecular complexity index is 488. The molecule has 94 valence electrons. The summed E-state index contributed by atoms with van der Waals surface area (Å²) in [7, 11) is 0. The van der Waals surface area contributed by atoms with Crippen LogP contribution < -0.4 is 10.6 Å². The van der Waals surface area contributed by atoms with Crippen LogP contribution in [0.2, 0.25) is 0 Å². The lowest BCUT2D eigenvalue weighted by Crippen LogP contribution is -2.22. The third kappa shape index (κ3) is 3.00. The Kier molecular flexibility index (Phi) is 3.82. The molecule has 1 aromatic heterocycles. The van der Waals surface area contributed by atoms with E-state index in [2.05, 4.69) is 29.8 Å². The summed E-state index contributed by atoms with van der Waals surface area (Å²) in [5, 5.41) is 0. The molecule has 0 bridgehead atoms. The van der Waals surface area contributed by atoms with Gasteiger partial charge in [0.25, 0.3) is 0 Å². The van der Waals surface area contributed by atoms with Gasteiger partial charge in [0.2, 0.25) is 0 Å². The molecule has 1 heterocycles. The van der Waals surface area contributed by atoms with Gasteiger partial charge in [-0.1, -0.05) is 0 Å². The van der Waals surface area contributed by atoms with Crippen molar-refractivity contribution < 1.29 is 0 Å². The van der Waals surface area contributed by atoms with Crippen molar-refractivity contribution in [1.29, 1.82) is 0 Å². The fourth-order valence-corrected chi connectivity index (χ4v) is 2.07. The SMILES string of the molecule is CCN(Cc1ccncc1)c1cc(C)cc(N)c1. The zero-order valence-electron chi connectivity index (χ0n) is 10.9. The van der Waals surface area contributed by atoms with Crippen LogP contribution >= 0.6 is 0 Å². The summed E-state index contributed by atoms with van der Waals surface area (Å²) in [5.74, 6) is 0. The number of pyridine rings is 1. The van der Waals surface area contributed by atoms with Crippen LogP contribution in [0.4, 0.5) is 11.4 Å². The van der Waals surface area contributed by atoms with E-state index in [0.717, 1.165) is 18.8 Å². The number of nitrogens with zero attached hydrogens (tertiary/aromatic N) is 2. The number of nitrogen functional groups attached to an aromatic ring is 1. The van der Waals surface area contributed by atoms with Crippen molar-refractivity contribution in [1.82, 2.24) is 4.98 Å². The lowest BCUT2D eigenvalue weighted by molar-refractivity contribution is 0.830. The topological polar surface area (TPSA) is 42.2 Å². The van der Waals surface area contributed by atoms with E-state index < -0.39 is 0 Å². The summed E-state index contributed by atoms with van der Waals surface area (Å²) in [6, 6.07) is 10.3.